The van der Waals surface area contributed by atoms with Crippen molar-refractivity contribution < 1.29 is 9.18 Å². The molecule has 3 aromatic carbocycles. The predicted molar refractivity (Wildman–Crippen MR) is 109 cm³/mol. The zero-order valence-corrected chi connectivity index (χ0v) is 15.7. The van der Waals surface area contributed by atoms with Crippen molar-refractivity contribution in [2.75, 3.05) is 5.32 Å². The summed E-state index contributed by atoms with van der Waals surface area (Å²) in [5.74, 6) is -0.853. The molecule has 4 rings (SSSR count). The Balaban J connectivity index is 1.55. The summed E-state index contributed by atoms with van der Waals surface area (Å²) in [5.41, 5.74) is 1.97. The van der Waals surface area contributed by atoms with Gasteiger partial charge in [-0.3, -0.25) is 4.79 Å². The van der Waals surface area contributed by atoms with Crippen LogP contribution in [0.2, 0.25) is 5.02 Å². The maximum atomic E-state index is 13.8. The molecule has 6 heteroatoms. The average molecular weight is 397 g/mol. The van der Waals surface area contributed by atoms with Gasteiger partial charge in [-0.1, -0.05) is 60.1 Å². The van der Waals surface area contributed by atoms with Crippen LogP contribution in [0.15, 0.2) is 66.0 Å². The average Bonchev–Trinajstić information content (AvgIpc) is 3.12. The van der Waals surface area contributed by atoms with Crippen molar-refractivity contribution in [3.63, 3.8) is 0 Å². The summed E-state index contributed by atoms with van der Waals surface area (Å²) in [6.45, 7) is 0. The number of hydrogen-bond acceptors (Lipinski definition) is 3. The first-order chi connectivity index (χ1) is 13.1. The molecule has 0 spiro atoms. The highest BCUT2D eigenvalue weighted by Gasteiger charge is 2.14. The molecule has 1 N–H and O–H groups in total. The molecule has 0 saturated heterocycles. The largest absolute Gasteiger partial charge is 0.302 e. The Morgan fingerprint density at radius 3 is 2.70 bits per heavy atom. The number of aromatic nitrogens is 1. The summed E-state index contributed by atoms with van der Waals surface area (Å²) in [5, 5.41) is 7.55. The van der Waals surface area contributed by atoms with Crippen LogP contribution in [0.3, 0.4) is 0 Å². The van der Waals surface area contributed by atoms with E-state index in [0.717, 1.165) is 22.0 Å². The van der Waals surface area contributed by atoms with Gasteiger partial charge in [0.1, 0.15) is 5.82 Å². The van der Waals surface area contributed by atoms with E-state index in [1.807, 2.05) is 47.8 Å². The molecular formula is C21H14ClFN2OS. The third-order valence-corrected chi connectivity index (χ3v) is 5.33. The van der Waals surface area contributed by atoms with Gasteiger partial charge in [-0.25, -0.2) is 9.37 Å². The number of fused-ring (bicyclic) bond motifs is 1. The fourth-order valence-electron chi connectivity index (χ4n) is 2.93. The van der Waals surface area contributed by atoms with Crippen molar-refractivity contribution >= 4 is 44.7 Å². The Hall–Kier alpha value is -2.76. The van der Waals surface area contributed by atoms with Crippen LogP contribution in [-0.2, 0) is 11.2 Å². The molecule has 1 amide bonds. The van der Waals surface area contributed by atoms with Crippen LogP contribution in [0.4, 0.5) is 9.52 Å². The first-order valence-corrected chi connectivity index (χ1v) is 9.54. The van der Waals surface area contributed by atoms with Crippen LogP contribution in [0.5, 0.6) is 0 Å². The first kappa shape index (κ1) is 17.6. The smallest absolute Gasteiger partial charge is 0.230 e. The zero-order chi connectivity index (χ0) is 18.8. The lowest BCUT2D eigenvalue weighted by molar-refractivity contribution is -0.115. The van der Waals surface area contributed by atoms with E-state index in [0.29, 0.717) is 5.13 Å². The Bertz CT molecular complexity index is 1120. The normalized spacial score (nSPS) is 10.9. The van der Waals surface area contributed by atoms with Gasteiger partial charge < -0.3 is 5.32 Å². The summed E-state index contributed by atoms with van der Waals surface area (Å²) in [6, 6.07) is 18.5. The molecule has 0 aliphatic carbocycles. The van der Waals surface area contributed by atoms with E-state index < -0.39 is 5.82 Å². The van der Waals surface area contributed by atoms with Gasteiger partial charge in [0, 0.05) is 21.5 Å². The van der Waals surface area contributed by atoms with Crippen molar-refractivity contribution in [3.05, 3.63) is 82.4 Å². The minimum Gasteiger partial charge on any atom is -0.302 e. The molecular weight excluding hydrogens is 383 g/mol. The number of thiazole rings is 1. The van der Waals surface area contributed by atoms with E-state index in [2.05, 4.69) is 10.3 Å². The lowest BCUT2D eigenvalue weighted by atomic mass is 10.0. The number of nitrogens with one attached hydrogen (secondary N) is 1. The summed E-state index contributed by atoms with van der Waals surface area (Å²) in [6.07, 6.45) is -0.144. The molecule has 0 aliphatic heterocycles. The molecule has 1 aromatic heterocycles. The fourth-order valence-corrected chi connectivity index (χ4v) is 3.89. The highest BCUT2D eigenvalue weighted by Crippen LogP contribution is 2.31. The highest BCUT2D eigenvalue weighted by atomic mass is 35.5. The van der Waals surface area contributed by atoms with E-state index in [-0.39, 0.29) is 22.9 Å². The van der Waals surface area contributed by atoms with Crippen molar-refractivity contribution in [1.82, 2.24) is 4.98 Å². The van der Waals surface area contributed by atoms with Gasteiger partial charge in [-0.15, -0.1) is 11.3 Å². The Morgan fingerprint density at radius 1 is 1.07 bits per heavy atom. The van der Waals surface area contributed by atoms with Crippen molar-refractivity contribution in [2.45, 2.75) is 6.42 Å². The van der Waals surface area contributed by atoms with Gasteiger partial charge in [0.05, 0.1) is 12.1 Å². The first-order valence-electron chi connectivity index (χ1n) is 8.28. The second-order valence-corrected chi connectivity index (χ2v) is 7.26. The number of carbonyl (C=O) groups is 1. The Morgan fingerprint density at radius 2 is 1.85 bits per heavy atom. The van der Waals surface area contributed by atoms with Crippen LogP contribution < -0.4 is 5.32 Å². The minimum atomic E-state index is -0.492. The molecule has 0 bridgehead atoms. The molecule has 134 valence electrons. The number of nitrogens with zero attached hydrogens (tertiary/aromatic N) is 1. The molecule has 0 radical (unpaired) electrons. The van der Waals surface area contributed by atoms with E-state index in [9.17, 15) is 9.18 Å². The molecule has 4 aromatic rings. The number of halogens is 2. The molecule has 1 heterocycles. The monoisotopic (exact) mass is 396 g/mol. The van der Waals surface area contributed by atoms with Crippen LogP contribution in [0.1, 0.15) is 5.56 Å². The van der Waals surface area contributed by atoms with Gasteiger partial charge in [0.2, 0.25) is 5.91 Å². The maximum Gasteiger partial charge on any atom is 0.230 e. The predicted octanol–water partition coefficient (Wildman–Crippen LogP) is 5.94. The van der Waals surface area contributed by atoms with Gasteiger partial charge >= 0.3 is 0 Å². The SMILES string of the molecule is O=C(Cc1c(F)cccc1Cl)Nc1nc(-c2cccc3ccccc23)cs1. The van der Waals surface area contributed by atoms with Gasteiger partial charge in [0.25, 0.3) is 0 Å². The summed E-state index contributed by atoms with van der Waals surface area (Å²) in [7, 11) is 0. The van der Waals surface area contributed by atoms with Crippen LogP contribution >= 0.6 is 22.9 Å². The second-order valence-electron chi connectivity index (χ2n) is 5.99. The third kappa shape index (κ3) is 3.70. The topological polar surface area (TPSA) is 42.0 Å². The Kier molecular flexibility index (Phi) is 4.88. The molecule has 3 nitrogen and oxygen atoms in total. The zero-order valence-electron chi connectivity index (χ0n) is 14.1. The summed E-state index contributed by atoms with van der Waals surface area (Å²) in [4.78, 5) is 16.8. The van der Waals surface area contributed by atoms with Crippen LogP contribution in [-0.4, -0.2) is 10.9 Å². The number of carbonyl (C=O) groups excluding carboxylic acids is 1. The maximum absolute atomic E-state index is 13.8. The van der Waals surface area contributed by atoms with E-state index in [1.165, 1.54) is 23.5 Å². The van der Waals surface area contributed by atoms with Crippen LogP contribution in [0.25, 0.3) is 22.0 Å². The van der Waals surface area contributed by atoms with Gasteiger partial charge in [-0.2, -0.15) is 0 Å². The lowest BCUT2D eigenvalue weighted by Gasteiger charge is -2.06. The van der Waals surface area contributed by atoms with E-state index in [1.54, 1.807) is 6.07 Å². The fraction of sp³-hybridized carbons (Fsp3) is 0.0476. The van der Waals surface area contributed by atoms with Crippen LogP contribution in [0, 0.1) is 5.82 Å². The third-order valence-electron chi connectivity index (χ3n) is 4.22. The van der Waals surface area contributed by atoms with Crippen molar-refractivity contribution in [3.8, 4) is 11.3 Å². The number of amides is 1. The standard InChI is InChI=1S/C21H14ClFN2OS/c22-17-9-4-10-18(23)16(17)11-20(26)25-21-24-19(12-27-21)15-8-3-6-13-5-1-2-7-14(13)15/h1-10,12H,11H2,(H,24,25,26). The van der Waals surface area contributed by atoms with Gasteiger partial charge in [-0.05, 0) is 22.9 Å². The molecule has 0 aliphatic rings. The van der Waals surface area contributed by atoms with Crippen molar-refractivity contribution in [2.24, 2.45) is 0 Å². The molecule has 0 saturated carbocycles. The number of rotatable bonds is 4. The highest BCUT2D eigenvalue weighted by molar-refractivity contribution is 7.14. The molecule has 0 fully saturated rings. The minimum absolute atomic E-state index is 0.144. The summed E-state index contributed by atoms with van der Waals surface area (Å²) < 4.78 is 13.8. The number of benzene rings is 3. The van der Waals surface area contributed by atoms with Crippen molar-refractivity contribution in [1.29, 1.82) is 0 Å². The van der Waals surface area contributed by atoms with E-state index >= 15 is 0 Å². The molecule has 0 unspecified atom stereocenters. The number of anilines is 1. The van der Waals surface area contributed by atoms with Gasteiger partial charge in [0.15, 0.2) is 5.13 Å². The quantitative estimate of drug-likeness (QED) is 0.464. The Labute approximate surface area is 164 Å². The lowest BCUT2D eigenvalue weighted by Crippen LogP contribution is -2.15. The summed E-state index contributed by atoms with van der Waals surface area (Å²) >= 11 is 7.31. The molecule has 27 heavy (non-hydrogen) atoms. The van der Waals surface area contributed by atoms with E-state index in [4.69, 9.17) is 11.6 Å². The number of hydrogen-bond donors (Lipinski definition) is 1. The second kappa shape index (κ2) is 7.47. The molecule has 0 atom stereocenters.